The van der Waals surface area contributed by atoms with Gasteiger partial charge in [-0.05, 0) is 20.3 Å². The molecule has 0 aliphatic heterocycles. The highest BCUT2D eigenvalue weighted by molar-refractivity contribution is 4.61. The summed E-state index contributed by atoms with van der Waals surface area (Å²) in [6, 6.07) is 0. The fourth-order valence-corrected chi connectivity index (χ4v) is 0.644. The largest absolute Gasteiger partial charge is 0.391 e. The molecule has 0 radical (unpaired) electrons. The van der Waals surface area contributed by atoms with Crippen molar-refractivity contribution in [3.05, 3.63) is 0 Å². The Balaban J connectivity index is 3.51. The molecule has 12 heavy (non-hydrogen) atoms. The van der Waals surface area contributed by atoms with Crippen LogP contribution in [0.3, 0.4) is 0 Å². The highest BCUT2D eigenvalue weighted by atomic mass is 19.4. The molecule has 0 aromatic heterocycles. The summed E-state index contributed by atoms with van der Waals surface area (Å²) in [5, 5.41) is 0. The Morgan fingerprint density at radius 2 is 1.67 bits per heavy atom. The van der Waals surface area contributed by atoms with Crippen LogP contribution in [-0.2, 0) is 4.74 Å². The van der Waals surface area contributed by atoms with E-state index in [9.17, 15) is 13.2 Å². The molecule has 0 aromatic rings. The third kappa shape index (κ3) is 5.41. The molecular formula is C8H15F3O. The minimum Gasteiger partial charge on any atom is -0.379 e. The highest BCUT2D eigenvalue weighted by Gasteiger charge is 2.35. The molecule has 0 saturated heterocycles. The molecule has 0 saturated carbocycles. The zero-order valence-electron chi connectivity index (χ0n) is 7.61. The molecule has 0 fully saturated rings. The maximum atomic E-state index is 11.9. The van der Waals surface area contributed by atoms with Gasteiger partial charge in [-0.3, -0.25) is 0 Å². The Kier molecular flexibility index (Phi) is 4.60. The van der Waals surface area contributed by atoms with Crippen LogP contribution in [0, 0.1) is 5.92 Å². The lowest BCUT2D eigenvalue weighted by atomic mass is 10.1. The molecule has 0 aliphatic carbocycles. The van der Waals surface area contributed by atoms with E-state index in [1.54, 1.807) is 13.8 Å². The first-order valence-electron chi connectivity index (χ1n) is 4.02. The van der Waals surface area contributed by atoms with Gasteiger partial charge in [-0.15, -0.1) is 0 Å². The molecular weight excluding hydrogens is 169 g/mol. The van der Waals surface area contributed by atoms with E-state index in [-0.39, 0.29) is 19.1 Å². The third-order valence-corrected chi connectivity index (χ3v) is 1.56. The molecule has 1 nitrogen and oxygen atoms in total. The summed E-state index contributed by atoms with van der Waals surface area (Å²) in [4.78, 5) is 0. The maximum Gasteiger partial charge on any atom is 0.391 e. The first-order chi connectivity index (χ1) is 5.34. The SMILES string of the molecule is CC(C)OCCC(C)C(F)(F)F. The van der Waals surface area contributed by atoms with Crippen LogP contribution in [0.1, 0.15) is 27.2 Å². The van der Waals surface area contributed by atoms with Crippen LogP contribution in [0.2, 0.25) is 0 Å². The standard InChI is InChI=1S/C8H15F3O/c1-6(2)12-5-4-7(3)8(9,10)11/h6-7H,4-5H2,1-3H3. The number of halogens is 3. The summed E-state index contributed by atoms with van der Waals surface area (Å²) in [6.07, 6.45) is -4.03. The molecule has 4 heteroatoms. The van der Waals surface area contributed by atoms with Crippen LogP contribution in [0.5, 0.6) is 0 Å². The second-order valence-corrected chi connectivity index (χ2v) is 3.15. The minimum absolute atomic E-state index is 0.00503. The molecule has 0 heterocycles. The van der Waals surface area contributed by atoms with E-state index >= 15 is 0 Å². The van der Waals surface area contributed by atoms with E-state index in [0.29, 0.717) is 0 Å². The van der Waals surface area contributed by atoms with Gasteiger partial charge in [0.05, 0.1) is 12.0 Å². The van der Waals surface area contributed by atoms with Crippen LogP contribution in [0.4, 0.5) is 13.2 Å². The molecule has 74 valence electrons. The van der Waals surface area contributed by atoms with Crippen molar-refractivity contribution in [3.8, 4) is 0 Å². The lowest BCUT2D eigenvalue weighted by molar-refractivity contribution is -0.174. The molecule has 0 amide bonds. The first-order valence-corrected chi connectivity index (χ1v) is 4.02. The lowest BCUT2D eigenvalue weighted by Crippen LogP contribution is -2.21. The fourth-order valence-electron chi connectivity index (χ4n) is 0.644. The molecule has 0 bridgehead atoms. The Labute approximate surface area is 70.9 Å². The zero-order valence-corrected chi connectivity index (χ0v) is 7.61. The van der Waals surface area contributed by atoms with Crippen LogP contribution < -0.4 is 0 Å². The predicted octanol–water partition coefficient (Wildman–Crippen LogP) is 3.00. The zero-order chi connectivity index (χ0) is 9.78. The lowest BCUT2D eigenvalue weighted by Gasteiger charge is -2.16. The van der Waals surface area contributed by atoms with Gasteiger partial charge in [0, 0.05) is 6.61 Å². The van der Waals surface area contributed by atoms with Gasteiger partial charge >= 0.3 is 6.18 Å². The van der Waals surface area contributed by atoms with Gasteiger partial charge in [0.1, 0.15) is 0 Å². The van der Waals surface area contributed by atoms with E-state index in [2.05, 4.69) is 0 Å². The minimum atomic E-state index is -4.08. The van der Waals surface area contributed by atoms with Crippen molar-refractivity contribution < 1.29 is 17.9 Å². The number of ether oxygens (including phenoxy) is 1. The molecule has 0 aromatic carbocycles. The number of alkyl halides is 3. The molecule has 0 N–H and O–H groups in total. The molecule has 0 spiro atoms. The summed E-state index contributed by atoms with van der Waals surface area (Å²) in [5.41, 5.74) is 0. The van der Waals surface area contributed by atoms with Gasteiger partial charge in [0.25, 0.3) is 0 Å². The quantitative estimate of drug-likeness (QED) is 0.652. The number of rotatable bonds is 4. The Morgan fingerprint density at radius 1 is 1.17 bits per heavy atom. The van der Waals surface area contributed by atoms with Crippen LogP contribution in [0.15, 0.2) is 0 Å². The second kappa shape index (κ2) is 4.70. The van der Waals surface area contributed by atoms with Crippen molar-refractivity contribution >= 4 is 0 Å². The van der Waals surface area contributed by atoms with Gasteiger partial charge in [-0.25, -0.2) is 0 Å². The van der Waals surface area contributed by atoms with E-state index < -0.39 is 12.1 Å². The van der Waals surface area contributed by atoms with Gasteiger partial charge in [0.15, 0.2) is 0 Å². The number of hydrogen-bond donors (Lipinski definition) is 0. The van der Waals surface area contributed by atoms with Crippen LogP contribution >= 0.6 is 0 Å². The average molecular weight is 184 g/mol. The average Bonchev–Trinajstić information content (AvgIpc) is 1.84. The molecule has 0 aliphatic rings. The van der Waals surface area contributed by atoms with Gasteiger partial charge in [-0.1, -0.05) is 6.92 Å². The summed E-state index contributed by atoms with van der Waals surface area (Å²) in [5.74, 6) is -1.27. The van der Waals surface area contributed by atoms with Crippen molar-refractivity contribution in [1.29, 1.82) is 0 Å². The second-order valence-electron chi connectivity index (χ2n) is 3.15. The van der Waals surface area contributed by atoms with Crippen LogP contribution in [-0.4, -0.2) is 18.9 Å². The molecule has 0 rings (SSSR count). The first kappa shape index (κ1) is 11.8. The normalized spacial score (nSPS) is 15.2. The highest BCUT2D eigenvalue weighted by Crippen LogP contribution is 2.27. The van der Waals surface area contributed by atoms with Crippen molar-refractivity contribution in [3.63, 3.8) is 0 Å². The topological polar surface area (TPSA) is 9.23 Å². The van der Waals surface area contributed by atoms with Crippen molar-refractivity contribution in [2.75, 3.05) is 6.61 Å². The summed E-state index contributed by atoms with van der Waals surface area (Å²) >= 11 is 0. The maximum absolute atomic E-state index is 11.9. The van der Waals surface area contributed by atoms with Crippen molar-refractivity contribution in [1.82, 2.24) is 0 Å². The van der Waals surface area contributed by atoms with E-state index in [0.717, 1.165) is 0 Å². The predicted molar refractivity (Wildman–Crippen MR) is 40.9 cm³/mol. The van der Waals surface area contributed by atoms with E-state index in [1.807, 2.05) is 0 Å². The van der Waals surface area contributed by atoms with Crippen molar-refractivity contribution in [2.45, 2.75) is 39.5 Å². The molecule has 1 atom stereocenters. The smallest absolute Gasteiger partial charge is 0.379 e. The Bertz CT molecular complexity index is 120. The van der Waals surface area contributed by atoms with Gasteiger partial charge in [0.2, 0.25) is 0 Å². The fraction of sp³-hybridized carbons (Fsp3) is 1.00. The Hall–Kier alpha value is -0.250. The van der Waals surface area contributed by atoms with Gasteiger partial charge < -0.3 is 4.74 Å². The summed E-state index contributed by atoms with van der Waals surface area (Å²) < 4.78 is 40.8. The third-order valence-electron chi connectivity index (χ3n) is 1.56. The van der Waals surface area contributed by atoms with Gasteiger partial charge in [-0.2, -0.15) is 13.2 Å². The summed E-state index contributed by atoms with van der Waals surface area (Å²) in [6.45, 7) is 4.96. The van der Waals surface area contributed by atoms with Crippen LogP contribution in [0.25, 0.3) is 0 Å². The molecule has 1 unspecified atom stereocenters. The van der Waals surface area contributed by atoms with E-state index in [4.69, 9.17) is 4.74 Å². The summed E-state index contributed by atoms with van der Waals surface area (Å²) in [7, 11) is 0. The van der Waals surface area contributed by atoms with E-state index in [1.165, 1.54) is 6.92 Å². The Morgan fingerprint density at radius 3 is 2.00 bits per heavy atom. The monoisotopic (exact) mass is 184 g/mol. The number of hydrogen-bond acceptors (Lipinski definition) is 1. The van der Waals surface area contributed by atoms with Crippen molar-refractivity contribution in [2.24, 2.45) is 5.92 Å².